The predicted molar refractivity (Wildman–Crippen MR) is 121 cm³/mol. The number of aromatic nitrogens is 5. The Bertz CT molecular complexity index is 1430. The Balaban J connectivity index is 1.62. The van der Waals surface area contributed by atoms with Crippen molar-refractivity contribution in [3.63, 3.8) is 0 Å². The Morgan fingerprint density at radius 1 is 1.29 bits per heavy atom. The summed E-state index contributed by atoms with van der Waals surface area (Å²) in [4.78, 5) is 17.3. The van der Waals surface area contributed by atoms with Crippen molar-refractivity contribution in [2.75, 3.05) is 6.54 Å². The van der Waals surface area contributed by atoms with Crippen molar-refractivity contribution < 1.29 is 13.6 Å². The highest BCUT2D eigenvalue weighted by atomic mass is 35.5. The van der Waals surface area contributed by atoms with Crippen LogP contribution in [0.3, 0.4) is 0 Å². The van der Waals surface area contributed by atoms with E-state index in [2.05, 4.69) is 25.6 Å². The monoisotopic (exact) mass is 499 g/mol. The number of benzene rings is 1. The lowest BCUT2D eigenvalue weighted by Gasteiger charge is -2.29. The van der Waals surface area contributed by atoms with Crippen LogP contribution in [0.4, 0.5) is 8.78 Å². The van der Waals surface area contributed by atoms with Gasteiger partial charge < -0.3 is 5.32 Å². The summed E-state index contributed by atoms with van der Waals surface area (Å²) in [6, 6.07) is 10.1. The summed E-state index contributed by atoms with van der Waals surface area (Å²) in [7, 11) is 1.68. The molecule has 0 saturated heterocycles. The third-order valence-electron chi connectivity index (χ3n) is 5.27. The zero-order valence-electron chi connectivity index (χ0n) is 17.9. The maximum Gasteiger partial charge on any atom is 0.282 e. The van der Waals surface area contributed by atoms with Crippen LogP contribution in [-0.2, 0) is 12.5 Å². The largest absolute Gasteiger partial charge is 0.349 e. The van der Waals surface area contributed by atoms with Crippen LogP contribution in [0.5, 0.6) is 0 Å². The molecule has 172 valence electrons. The summed E-state index contributed by atoms with van der Waals surface area (Å²) >= 11 is 7.33. The zero-order chi connectivity index (χ0) is 24.5. The number of hydrogen-bond donors (Lipinski definition) is 1. The normalized spacial score (nSPS) is 12.7. The lowest BCUT2D eigenvalue weighted by molar-refractivity contribution is 0.0946. The predicted octanol–water partition coefficient (Wildman–Crippen LogP) is 3.87. The molecule has 0 aliphatic rings. The number of nitrogens with one attached hydrogen (secondary N) is 1. The average Bonchev–Trinajstić information content (AvgIpc) is 3.45. The van der Waals surface area contributed by atoms with Crippen molar-refractivity contribution in [1.29, 1.82) is 5.26 Å². The van der Waals surface area contributed by atoms with Gasteiger partial charge in [0.05, 0.1) is 17.3 Å². The van der Waals surface area contributed by atoms with Gasteiger partial charge in [0.1, 0.15) is 28.6 Å². The Kier molecular flexibility index (Phi) is 6.37. The number of nitriles is 1. The van der Waals surface area contributed by atoms with Crippen LogP contribution in [-0.4, -0.2) is 37.4 Å². The zero-order valence-corrected chi connectivity index (χ0v) is 19.5. The first-order chi connectivity index (χ1) is 16.2. The van der Waals surface area contributed by atoms with Crippen molar-refractivity contribution in [3.05, 3.63) is 81.3 Å². The first kappa shape index (κ1) is 23.4. The maximum atomic E-state index is 14.1. The van der Waals surface area contributed by atoms with Crippen LogP contribution in [0.2, 0.25) is 5.15 Å². The van der Waals surface area contributed by atoms with E-state index in [0.717, 1.165) is 23.5 Å². The number of amides is 1. The number of carbonyl (C=O) groups is 1. The average molecular weight is 500 g/mol. The number of pyridine rings is 1. The van der Waals surface area contributed by atoms with E-state index in [1.807, 2.05) is 13.0 Å². The molecule has 0 aliphatic heterocycles. The lowest BCUT2D eigenvalue weighted by atomic mass is 9.80. The molecule has 12 heteroatoms. The SMILES string of the molecule is Cn1ncc(C(C)(CNC(=O)c2nnc(-c3ccc(F)cc3F)s2)c2cccc(C#N)n2)c1Cl. The highest BCUT2D eigenvalue weighted by molar-refractivity contribution is 7.16. The second-order valence-electron chi connectivity index (χ2n) is 7.54. The molecule has 3 aromatic heterocycles. The fraction of sp³-hybridized carbons (Fsp3) is 0.182. The molecule has 34 heavy (non-hydrogen) atoms. The van der Waals surface area contributed by atoms with Gasteiger partial charge in [0.15, 0.2) is 5.01 Å². The number of hydrogen-bond acceptors (Lipinski definition) is 7. The first-order valence-corrected chi connectivity index (χ1v) is 11.0. The van der Waals surface area contributed by atoms with Crippen molar-refractivity contribution in [2.24, 2.45) is 7.05 Å². The number of rotatable bonds is 6. The van der Waals surface area contributed by atoms with E-state index in [1.54, 1.807) is 31.4 Å². The van der Waals surface area contributed by atoms with Crippen molar-refractivity contribution in [1.82, 2.24) is 30.3 Å². The Hall–Kier alpha value is -3.75. The fourth-order valence-electron chi connectivity index (χ4n) is 3.34. The summed E-state index contributed by atoms with van der Waals surface area (Å²) in [5, 5.41) is 24.4. The molecule has 4 rings (SSSR count). The highest BCUT2D eigenvalue weighted by Crippen LogP contribution is 2.35. The van der Waals surface area contributed by atoms with Gasteiger partial charge in [-0.25, -0.2) is 13.8 Å². The van der Waals surface area contributed by atoms with Crippen LogP contribution < -0.4 is 5.32 Å². The van der Waals surface area contributed by atoms with Gasteiger partial charge in [0, 0.05) is 30.8 Å². The van der Waals surface area contributed by atoms with Crippen LogP contribution in [0.15, 0.2) is 42.6 Å². The van der Waals surface area contributed by atoms with Gasteiger partial charge in [-0.1, -0.05) is 29.0 Å². The first-order valence-electron chi connectivity index (χ1n) is 9.85. The molecule has 0 fully saturated rings. The highest BCUT2D eigenvalue weighted by Gasteiger charge is 2.35. The van der Waals surface area contributed by atoms with E-state index in [9.17, 15) is 18.8 Å². The van der Waals surface area contributed by atoms with E-state index < -0.39 is 23.0 Å². The minimum atomic E-state index is -0.940. The van der Waals surface area contributed by atoms with Gasteiger partial charge in [-0.3, -0.25) is 9.48 Å². The van der Waals surface area contributed by atoms with Crippen LogP contribution in [0.25, 0.3) is 10.6 Å². The van der Waals surface area contributed by atoms with Crippen LogP contribution in [0, 0.1) is 23.0 Å². The maximum absolute atomic E-state index is 14.1. The standard InChI is InChI=1S/C22H16ClF2N7OS/c1-22(15-10-28-32(2)18(15)23,17-5-3-4-13(9-26)29-17)11-27-19(33)21-31-30-20(34-21)14-7-6-12(24)8-16(14)25/h3-8,10H,11H2,1-2H3,(H,27,33). The molecule has 3 heterocycles. The molecule has 0 aliphatic carbocycles. The van der Waals surface area contributed by atoms with E-state index in [-0.39, 0.29) is 27.8 Å². The van der Waals surface area contributed by atoms with Gasteiger partial charge in [0.2, 0.25) is 5.01 Å². The van der Waals surface area contributed by atoms with E-state index in [4.69, 9.17) is 11.6 Å². The quantitative estimate of drug-likeness (QED) is 0.431. The Labute approximate surface area is 201 Å². The number of aryl methyl sites for hydroxylation is 1. The molecule has 1 unspecified atom stereocenters. The molecule has 1 amide bonds. The number of carbonyl (C=O) groups excluding carboxylic acids is 1. The van der Waals surface area contributed by atoms with Gasteiger partial charge in [-0.15, -0.1) is 10.2 Å². The molecular formula is C22H16ClF2N7OS. The van der Waals surface area contributed by atoms with Crippen molar-refractivity contribution in [3.8, 4) is 16.6 Å². The minimum absolute atomic E-state index is 0.00269. The summed E-state index contributed by atoms with van der Waals surface area (Å²) in [6.07, 6.45) is 1.58. The number of nitrogens with zero attached hydrogens (tertiary/aromatic N) is 6. The molecule has 0 saturated carbocycles. The van der Waals surface area contributed by atoms with Crippen LogP contribution >= 0.6 is 22.9 Å². The smallest absolute Gasteiger partial charge is 0.282 e. The van der Waals surface area contributed by atoms with Gasteiger partial charge in [0.25, 0.3) is 5.91 Å². The second-order valence-corrected chi connectivity index (χ2v) is 8.88. The minimum Gasteiger partial charge on any atom is -0.349 e. The molecule has 1 atom stereocenters. The topological polar surface area (TPSA) is 109 Å². The third-order valence-corrected chi connectivity index (χ3v) is 6.68. The molecule has 8 nitrogen and oxygen atoms in total. The van der Waals surface area contributed by atoms with E-state index >= 15 is 0 Å². The summed E-state index contributed by atoms with van der Waals surface area (Å²) in [6.45, 7) is 1.86. The van der Waals surface area contributed by atoms with Crippen LogP contribution in [0.1, 0.15) is 33.7 Å². The summed E-state index contributed by atoms with van der Waals surface area (Å²) in [5.74, 6) is -2.06. The summed E-state index contributed by atoms with van der Waals surface area (Å²) < 4.78 is 28.8. The summed E-state index contributed by atoms with van der Waals surface area (Å²) in [5.41, 5.74) is 0.427. The number of halogens is 3. The van der Waals surface area contributed by atoms with Gasteiger partial charge in [-0.2, -0.15) is 10.4 Å². The van der Waals surface area contributed by atoms with Crippen molar-refractivity contribution >= 4 is 28.8 Å². The fourth-order valence-corrected chi connectivity index (χ4v) is 4.43. The second kappa shape index (κ2) is 9.24. The molecule has 1 aromatic carbocycles. The Morgan fingerprint density at radius 3 is 2.76 bits per heavy atom. The van der Waals surface area contributed by atoms with E-state index in [0.29, 0.717) is 16.4 Å². The van der Waals surface area contributed by atoms with Crippen molar-refractivity contribution in [2.45, 2.75) is 12.3 Å². The molecule has 1 N–H and O–H groups in total. The molecular weight excluding hydrogens is 484 g/mol. The third kappa shape index (κ3) is 4.37. The molecule has 0 spiro atoms. The van der Waals surface area contributed by atoms with Gasteiger partial charge >= 0.3 is 0 Å². The Morgan fingerprint density at radius 2 is 2.09 bits per heavy atom. The van der Waals surface area contributed by atoms with Gasteiger partial charge in [-0.05, 0) is 31.2 Å². The lowest BCUT2D eigenvalue weighted by Crippen LogP contribution is -2.40. The molecule has 4 aromatic rings. The van der Waals surface area contributed by atoms with E-state index in [1.165, 1.54) is 10.7 Å². The molecule has 0 radical (unpaired) electrons. The molecule has 0 bridgehead atoms.